The first-order chi connectivity index (χ1) is 7.38. The third-order valence-corrected chi connectivity index (χ3v) is 2.14. The van der Waals surface area contributed by atoms with Crippen LogP contribution in [0.25, 0.3) is 0 Å². The number of nitrogens with one attached hydrogen (secondary N) is 1. The molecule has 0 aromatic heterocycles. The van der Waals surface area contributed by atoms with Gasteiger partial charge in [-0.1, -0.05) is 0 Å². The van der Waals surface area contributed by atoms with Crippen LogP contribution >= 0.6 is 0 Å². The van der Waals surface area contributed by atoms with E-state index in [-0.39, 0.29) is 6.04 Å². The summed E-state index contributed by atoms with van der Waals surface area (Å²) in [7, 11) is 0. The van der Waals surface area contributed by atoms with Gasteiger partial charge in [0.1, 0.15) is 5.60 Å². The molecule has 0 aromatic carbocycles. The minimum Gasteiger partial charge on any atom is -0.453 e. The van der Waals surface area contributed by atoms with E-state index in [1.54, 1.807) is 20.8 Å². The molecular weight excluding hydrogens is 210 g/mol. The molecule has 0 atom stereocenters. The molecule has 0 unspecified atom stereocenters. The fourth-order valence-corrected chi connectivity index (χ4v) is 1.41. The maximum absolute atomic E-state index is 11.5. The molecule has 1 aliphatic rings. The summed E-state index contributed by atoms with van der Waals surface area (Å²) in [4.78, 5) is 22.8. The van der Waals surface area contributed by atoms with Gasteiger partial charge in [-0.25, -0.2) is 4.79 Å². The van der Waals surface area contributed by atoms with Crippen molar-refractivity contribution in [1.29, 1.82) is 0 Å². The lowest BCUT2D eigenvalue weighted by Crippen LogP contribution is -2.44. The highest BCUT2D eigenvalue weighted by Crippen LogP contribution is 2.09. The van der Waals surface area contributed by atoms with E-state index in [9.17, 15) is 9.59 Å². The minimum atomic E-state index is -0.820. The van der Waals surface area contributed by atoms with Crippen molar-refractivity contribution in [2.75, 3.05) is 13.2 Å². The number of carbonyl (C=O) groups excluding carboxylic acids is 2. The van der Waals surface area contributed by atoms with Gasteiger partial charge < -0.3 is 14.8 Å². The molecule has 1 aliphatic heterocycles. The molecule has 0 bridgehead atoms. The Hall–Kier alpha value is -1.10. The normalized spacial score (nSPS) is 17.9. The average Bonchev–Trinajstić information content (AvgIpc) is 2.16. The summed E-state index contributed by atoms with van der Waals surface area (Å²) < 4.78 is 10.1. The van der Waals surface area contributed by atoms with Crippen LogP contribution in [-0.4, -0.2) is 36.7 Å². The number of esters is 1. The van der Waals surface area contributed by atoms with Crippen LogP contribution in [0.2, 0.25) is 0 Å². The lowest BCUT2D eigenvalue weighted by molar-refractivity contribution is -0.163. The summed E-state index contributed by atoms with van der Waals surface area (Å²) in [5.41, 5.74) is -0.635. The van der Waals surface area contributed by atoms with E-state index in [4.69, 9.17) is 9.47 Å². The van der Waals surface area contributed by atoms with Crippen molar-refractivity contribution in [3.05, 3.63) is 0 Å². The molecule has 16 heavy (non-hydrogen) atoms. The molecule has 1 N–H and O–H groups in total. The number of rotatable bonds is 1. The maximum Gasteiger partial charge on any atom is 0.397 e. The van der Waals surface area contributed by atoms with E-state index < -0.39 is 17.5 Å². The molecule has 0 spiro atoms. The van der Waals surface area contributed by atoms with Gasteiger partial charge in [-0.3, -0.25) is 4.79 Å². The predicted octanol–water partition coefficient (Wildman–Crippen LogP) is 0.623. The Bertz CT molecular complexity index is 264. The van der Waals surface area contributed by atoms with Crippen LogP contribution in [0, 0.1) is 0 Å². The highest BCUT2D eigenvalue weighted by atomic mass is 16.6. The van der Waals surface area contributed by atoms with Crippen LogP contribution in [0.15, 0.2) is 0 Å². The van der Waals surface area contributed by atoms with Crippen LogP contribution in [0.3, 0.4) is 0 Å². The van der Waals surface area contributed by atoms with Crippen molar-refractivity contribution in [2.24, 2.45) is 0 Å². The first-order valence-electron chi connectivity index (χ1n) is 5.50. The third kappa shape index (κ3) is 4.61. The Morgan fingerprint density at radius 2 is 1.81 bits per heavy atom. The molecule has 1 rings (SSSR count). The zero-order chi connectivity index (χ0) is 12.2. The molecule has 5 heteroatoms. The van der Waals surface area contributed by atoms with E-state index >= 15 is 0 Å². The average molecular weight is 229 g/mol. The Morgan fingerprint density at radius 1 is 1.25 bits per heavy atom. The molecule has 92 valence electrons. The number of hydrogen-bond acceptors (Lipinski definition) is 4. The van der Waals surface area contributed by atoms with Gasteiger partial charge in [-0.2, -0.15) is 0 Å². The second kappa shape index (κ2) is 5.30. The van der Waals surface area contributed by atoms with Crippen molar-refractivity contribution in [2.45, 2.75) is 45.3 Å². The zero-order valence-corrected chi connectivity index (χ0v) is 10.0. The van der Waals surface area contributed by atoms with Gasteiger partial charge in [0.15, 0.2) is 0 Å². The second-order valence-corrected chi connectivity index (χ2v) is 4.86. The molecule has 0 aromatic rings. The molecule has 0 saturated carbocycles. The predicted molar refractivity (Wildman–Crippen MR) is 57.8 cm³/mol. The van der Waals surface area contributed by atoms with Crippen molar-refractivity contribution in [3.63, 3.8) is 0 Å². The molecule has 1 heterocycles. The smallest absolute Gasteiger partial charge is 0.397 e. The van der Waals surface area contributed by atoms with Crippen LogP contribution < -0.4 is 5.32 Å². The first-order valence-corrected chi connectivity index (χ1v) is 5.50. The summed E-state index contributed by atoms with van der Waals surface area (Å²) in [5, 5.41) is 2.65. The van der Waals surface area contributed by atoms with Crippen LogP contribution in [0.4, 0.5) is 0 Å². The number of ether oxygens (including phenoxy) is 2. The molecule has 1 saturated heterocycles. The van der Waals surface area contributed by atoms with Gasteiger partial charge in [0.05, 0.1) is 0 Å². The van der Waals surface area contributed by atoms with Gasteiger partial charge in [0.25, 0.3) is 0 Å². The Balaban J connectivity index is 2.36. The van der Waals surface area contributed by atoms with E-state index in [0.717, 1.165) is 12.8 Å². The Labute approximate surface area is 95.5 Å². The van der Waals surface area contributed by atoms with E-state index in [0.29, 0.717) is 13.2 Å². The number of hydrogen-bond donors (Lipinski definition) is 1. The topological polar surface area (TPSA) is 64.6 Å². The Kier molecular flexibility index (Phi) is 4.29. The van der Waals surface area contributed by atoms with Crippen molar-refractivity contribution >= 4 is 11.9 Å². The first kappa shape index (κ1) is 13.0. The molecule has 1 fully saturated rings. The minimum absolute atomic E-state index is 0.0220. The summed E-state index contributed by atoms with van der Waals surface area (Å²) in [5.74, 6) is -1.49. The summed E-state index contributed by atoms with van der Waals surface area (Å²) >= 11 is 0. The number of amides is 1. The lowest BCUT2D eigenvalue weighted by Gasteiger charge is -2.24. The molecule has 1 amide bonds. The highest BCUT2D eigenvalue weighted by molar-refractivity contribution is 6.32. The quantitative estimate of drug-likeness (QED) is 0.529. The van der Waals surface area contributed by atoms with Crippen molar-refractivity contribution in [1.82, 2.24) is 5.32 Å². The zero-order valence-electron chi connectivity index (χ0n) is 10.0. The standard InChI is InChI=1S/C11H19NO4/c1-11(2,3)16-10(14)9(13)12-8-4-6-15-7-5-8/h8H,4-7H2,1-3H3,(H,12,13). The molecule has 0 radical (unpaired) electrons. The van der Waals surface area contributed by atoms with E-state index in [2.05, 4.69) is 5.32 Å². The van der Waals surface area contributed by atoms with Crippen molar-refractivity contribution in [3.8, 4) is 0 Å². The van der Waals surface area contributed by atoms with Gasteiger partial charge in [0, 0.05) is 19.3 Å². The summed E-state index contributed by atoms with van der Waals surface area (Å²) in [6.45, 7) is 6.43. The van der Waals surface area contributed by atoms with Gasteiger partial charge in [0.2, 0.25) is 0 Å². The SMILES string of the molecule is CC(C)(C)OC(=O)C(=O)NC1CCOCC1. The molecule has 5 nitrogen and oxygen atoms in total. The van der Waals surface area contributed by atoms with Gasteiger partial charge in [-0.15, -0.1) is 0 Å². The van der Waals surface area contributed by atoms with Gasteiger partial charge >= 0.3 is 11.9 Å². The second-order valence-electron chi connectivity index (χ2n) is 4.86. The van der Waals surface area contributed by atoms with Crippen molar-refractivity contribution < 1.29 is 19.1 Å². The van der Waals surface area contributed by atoms with Crippen LogP contribution in [0.1, 0.15) is 33.6 Å². The molecular formula is C11H19NO4. The largest absolute Gasteiger partial charge is 0.453 e. The molecule has 0 aliphatic carbocycles. The highest BCUT2D eigenvalue weighted by Gasteiger charge is 2.25. The lowest BCUT2D eigenvalue weighted by atomic mass is 10.1. The monoisotopic (exact) mass is 229 g/mol. The maximum atomic E-state index is 11.5. The van der Waals surface area contributed by atoms with E-state index in [1.807, 2.05) is 0 Å². The number of carbonyl (C=O) groups is 2. The Morgan fingerprint density at radius 3 is 2.31 bits per heavy atom. The van der Waals surface area contributed by atoms with Gasteiger partial charge in [-0.05, 0) is 33.6 Å². The van der Waals surface area contributed by atoms with E-state index in [1.165, 1.54) is 0 Å². The summed E-state index contributed by atoms with van der Waals surface area (Å²) in [6.07, 6.45) is 1.49. The third-order valence-electron chi connectivity index (χ3n) is 2.14. The fourth-order valence-electron chi connectivity index (χ4n) is 1.41. The summed E-state index contributed by atoms with van der Waals surface area (Å²) in [6, 6.07) is 0.0220. The fraction of sp³-hybridized carbons (Fsp3) is 0.818. The van der Waals surface area contributed by atoms with Crippen LogP contribution in [0.5, 0.6) is 0 Å². The van der Waals surface area contributed by atoms with Crippen LogP contribution in [-0.2, 0) is 19.1 Å².